The Morgan fingerprint density at radius 2 is 2.00 bits per heavy atom. The van der Waals surface area contributed by atoms with Crippen molar-refractivity contribution in [2.45, 2.75) is 39.7 Å². The number of nitrogens with zero attached hydrogens (tertiary/aromatic N) is 1. The third-order valence-corrected chi connectivity index (χ3v) is 1.71. The van der Waals surface area contributed by atoms with E-state index < -0.39 is 11.0 Å². The normalized spacial score (nSPS) is 13.0. The van der Waals surface area contributed by atoms with Gasteiger partial charge >= 0.3 is 0 Å². The van der Waals surface area contributed by atoms with E-state index in [1.807, 2.05) is 6.92 Å². The smallest absolute Gasteiger partial charge is 0.270 e. The molecule has 0 spiro atoms. The standard InChI is InChI=1S/C8H15NO3/c1-4-5-7(9(11)12)8(10)6(2)3/h6-7H,4-5H2,1-3H3. The molecule has 4 heteroatoms. The van der Waals surface area contributed by atoms with Crippen LogP contribution in [-0.2, 0) is 4.79 Å². The number of Topliss-reactive ketones (excluding diaryl/α,β-unsaturated/α-hetero) is 1. The van der Waals surface area contributed by atoms with Gasteiger partial charge in [-0.05, 0) is 6.42 Å². The zero-order valence-electron chi connectivity index (χ0n) is 7.74. The molecule has 0 aliphatic carbocycles. The van der Waals surface area contributed by atoms with E-state index in [-0.39, 0.29) is 11.7 Å². The van der Waals surface area contributed by atoms with Crippen molar-refractivity contribution in [2.75, 3.05) is 0 Å². The number of hydrogen-bond acceptors (Lipinski definition) is 3. The molecule has 0 saturated carbocycles. The van der Waals surface area contributed by atoms with E-state index in [2.05, 4.69) is 0 Å². The van der Waals surface area contributed by atoms with E-state index in [1.54, 1.807) is 13.8 Å². The van der Waals surface area contributed by atoms with Crippen molar-refractivity contribution in [1.82, 2.24) is 0 Å². The van der Waals surface area contributed by atoms with Gasteiger partial charge in [-0.25, -0.2) is 0 Å². The highest BCUT2D eigenvalue weighted by Crippen LogP contribution is 2.08. The molecule has 0 amide bonds. The first-order chi connectivity index (χ1) is 5.50. The second-order valence-corrected chi connectivity index (χ2v) is 3.15. The molecule has 0 aliphatic rings. The molecule has 70 valence electrons. The van der Waals surface area contributed by atoms with Crippen LogP contribution < -0.4 is 0 Å². The first-order valence-corrected chi connectivity index (χ1v) is 4.17. The van der Waals surface area contributed by atoms with Crippen molar-refractivity contribution < 1.29 is 9.72 Å². The van der Waals surface area contributed by atoms with Gasteiger partial charge in [0.25, 0.3) is 6.04 Å². The van der Waals surface area contributed by atoms with Crippen LogP contribution >= 0.6 is 0 Å². The van der Waals surface area contributed by atoms with Crippen molar-refractivity contribution >= 4 is 5.78 Å². The maximum atomic E-state index is 11.2. The maximum Gasteiger partial charge on any atom is 0.270 e. The van der Waals surface area contributed by atoms with E-state index in [4.69, 9.17) is 0 Å². The molecule has 0 aromatic carbocycles. The molecule has 0 saturated heterocycles. The van der Waals surface area contributed by atoms with Gasteiger partial charge < -0.3 is 0 Å². The molecule has 0 fully saturated rings. The molecule has 0 heterocycles. The Morgan fingerprint density at radius 1 is 1.50 bits per heavy atom. The number of hydrogen-bond donors (Lipinski definition) is 0. The fourth-order valence-electron chi connectivity index (χ4n) is 1.01. The summed E-state index contributed by atoms with van der Waals surface area (Å²) in [6.45, 7) is 5.22. The van der Waals surface area contributed by atoms with Crippen molar-refractivity contribution in [3.8, 4) is 0 Å². The summed E-state index contributed by atoms with van der Waals surface area (Å²) in [7, 11) is 0. The summed E-state index contributed by atoms with van der Waals surface area (Å²) in [6.07, 6.45) is 1.02. The van der Waals surface area contributed by atoms with Crippen LogP contribution in [0.5, 0.6) is 0 Å². The van der Waals surface area contributed by atoms with Crippen LogP contribution in [0.2, 0.25) is 0 Å². The summed E-state index contributed by atoms with van der Waals surface area (Å²) in [5.41, 5.74) is 0. The highest BCUT2D eigenvalue weighted by Gasteiger charge is 2.29. The number of carbonyl (C=O) groups is 1. The summed E-state index contributed by atoms with van der Waals surface area (Å²) >= 11 is 0. The van der Waals surface area contributed by atoms with E-state index in [0.29, 0.717) is 12.8 Å². The summed E-state index contributed by atoms with van der Waals surface area (Å²) in [5, 5.41) is 10.4. The molecule has 0 rings (SSSR count). The lowest BCUT2D eigenvalue weighted by Gasteiger charge is -2.08. The van der Waals surface area contributed by atoms with Crippen LogP contribution in [0.25, 0.3) is 0 Å². The van der Waals surface area contributed by atoms with Crippen molar-refractivity contribution in [1.29, 1.82) is 0 Å². The van der Waals surface area contributed by atoms with Gasteiger partial charge in [-0.2, -0.15) is 0 Å². The number of ketones is 1. The third kappa shape index (κ3) is 2.98. The average Bonchev–Trinajstić information content (AvgIpc) is 1.98. The quantitative estimate of drug-likeness (QED) is 0.469. The number of carbonyl (C=O) groups excluding carboxylic acids is 1. The van der Waals surface area contributed by atoms with Crippen molar-refractivity contribution in [2.24, 2.45) is 5.92 Å². The summed E-state index contributed by atoms with van der Waals surface area (Å²) < 4.78 is 0. The molecule has 0 aromatic rings. The molecule has 0 radical (unpaired) electrons. The number of rotatable bonds is 5. The average molecular weight is 173 g/mol. The number of nitro groups is 1. The van der Waals surface area contributed by atoms with Gasteiger partial charge in [0.1, 0.15) is 0 Å². The Balaban J connectivity index is 4.30. The predicted octanol–water partition coefficient (Wildman–Crippen LogP) is 1.66. The maximum absolute atomic E-state index is 11.2. The largest absolute Gasteiger partial charge is 0.292 e. The Labute approximate surface area is 72.1 Å². The van der Waals surface area contributed by atoms with Gasteiger partial charge in [-0.1, -0.05) is 20.8 Å². The molecular weight excluding hydrogens is 158 g/mol. The van der Waals surface area contributed by atoms with Crippen LogP contribution in [0.4, 0.5) is 0 Å². The Kier molecular flexibility index (Phi) is 4.47. The van der Waals surface area contributed by atoms with E-state index >= 15 is 0 Å². The predicted molar refractivity (Wildman–Crippen MR) is 45.5 cm³/mol. The Morgan fingerprint density at radius 3 is 2.25 bits per heavy atom. The minimum atomic E-state index is -0.991. The van der Waals surface area contributed by atoms with Crippen LogP contribution in [0.15, 0.2) is 0 Å². The highest BCUT2D eigenvalue weighted by molar-refractivity contribution is 5.84. The van der Waals surface area contributed by atoms with Crippen molar-refractivity contribution in [3.05, 3.63) is 10.1 Å². The summed E-state index contributed by atoms with van der Waals surface area (Å²) in [6, 6.07) is -0.991. The van der Waals surface area contributed by atoms with Gasteiger partial charge in [0.2, 0.25) is 5.78 Å². The van der Waals surface area contributed by atoms with Gasteiger partial charge in [0.15, 0.2) is 0 Å². The van der Waals surface area contributed by atoms with E-state index in [1.165, 1.54) is 0 Å². The van der Waals surface area contributed by atoms with Gasteiger partial charge in [0, 0.05) is 17.3 Å². The zero-order valence-corrected chi connectivity index (χ0v) is 7.74. The van der Waals surface area contributed by atoms with E-state index in [0.717, 1.165) is 0 Å². The lowest BCUT2D eigenvalue weighted by atomic mass is 9.99. The lowest BCUT2D eigenvalue weighted by molar-refractivity contribution is -0.508. The molecule has 0 aromatic heterocycles. The van der Waals surface area contributed by atoms with Crippen LogP contribution in [0, 0.1) is 16.0 Å². The third-order valence-electron chi connectivity index (χ3n) is 1.71. The minimum absolute atomic E-state index is 0.244. The molecule has 0 N–H and O–H groups in total. The van der Waals surface area contributed by atoms with Gasteiger partial charge in [-0.15, -0.1) is 0 Å². The molecule has 4 nitrogen and oxygen atoms in total. The molecule has 1 atom stereocenters. The van der Waals surface area contributed by atoms with Gasteiger partial charge in [-0.3, -0.25) is 14.9 Å². The highest BCUT2D eigenvalue weighted by atomic mass is 16.6. The Hall–Kier alpha value is -0.930. The molecule has 1 unspecified atom stereocenters. The first-order valence-electron chi connectivity index (χ1n) is 4.17. The lowest BCUT2D eigenvalue weighted by Crippen LogP contribution is -2.32. The van der Waals surface area contributed by atoms with Crippen LogP contribution in [0.3, 0.4) is 0 Å². The fourth-order valence-corrected chi connectivity index (χ4v) is 1.01. The molecular formula is C8H15NO3. The molecule has 12 heavy (non-hydrogen) atoms. The van der Waals surface area contributed by atoms with E-state index in [9.17, 15) is 14.9 Å². The van der Waals surface area contributed by atoms with Crippen LogP contribution in [-0.4, -0.2) is 16.7 Å². The second kappa shape index (κ2) is 4.85. The topological polar surface area (TPSA) is 60.2 Å². The monoisotopic (exact) mass is 173 g/mol. The second-order valence-electron chi connectivity index (χ2n) is 3.15. The summed E-state index contributed by atoms with van der Waals surface area (Å²) in [4.78, 5) is 21.2. The Bertz CT molecular complexity index is 177. The molecule has 0 aliphatic heterocycles. The van der Waals surface area contributed by atoms with Crippen molar-refractivity contribution in [3.63, 3.8) is 0 Å². The zero-order chi connectivity index (χ0) is 9.72. The SMILES string of the molecule is CCCC(C(=O)C(C)C)[N+](=O)[O-]. The fraction of sp³-hybridized carbons (Fsp3) is 0.875. The minimum Gasteiger partial charge on any atom is -0.292 e. The summed E-state index contributed by atoms with van der Waals surface area (Å²) in [5.74, 6) is -0.506. The van der Waals surface area contributed by atoms with Gasteiger partial charge in [0.05, 0.1) is 0 Å². The van der Waals surface area contributed by atoms with Crippen LogP contribution in [0.1, 0.15) is 33.6 Å². The first kappa shape index (κ1) is 11.1. The molecule has 0 bridgehead atoms.